The van der Waals surface area contributed by atoms with Crippen molar-refractivity contribution in [3.63, 3.8) is 0 Å². The molecule has 0 fully saturated rings. The van der Waals surface area contributed by atoms with Crippen LogP contribution in [0.15, 0.2) is 48.2 Å². The lowest BCUT2D eigenvalue weighted by Gasteiger charge is -2.13. The van der Waals surface area contributed by atoms with Gasteiger partial charge in [-0.2, -0.15) is 0 Å². The number of halogens is 4. The topological polar surface area (TPSA) is 32.3 Å². The van der Waals surface area contributed by atoms with E-state index in [1.54, 1.807) is 0 Å². The highest BCUT2D eigenvalue weighted by atomic mass is 79.9. The highest BCUT2D eigenvalue weighted by molar-refractivity contribution is 9.11. The van der Waals surface area contributed by atoms with Crippen molar-refractivity contribution < 1.29 is 5.11 Å². The van der Waals surface area contributed by atoms with E-state index in [9.17, 15) is 5.11 Å². The Balaban J connectivity index is 2.22. The van der Waals surface area contributed by atoms with Gasteiger partial charge in [0.2, 0.25) is 0 Å². The third kappa shape index (κ3) is 3.74. The van der Waals surface area contributed by atoms with E-state index < -0.39 is 0 Å². The number of hydrogen-bond donors (Lipinski definition) is 2. The molecule has 0 atom stereocenters. The minimum absolute atomic E-state index is 0.263. The molecule has 0 aliphatic rings. The number of phenols is 1. The van der Waals surface area contributed by atoms with Crippen LogP contribution in [0, 0.1) is 0 Å². The zero-order chi connectivity index (χ0) is 14.0. The summed E-state index contributed by atoms with van der Waals surface area (Å²) < 4.78 is 3.58. The van der Waals surface area contributed by atoms with Crippen LogP contribution in [0.4, 0.5) is 5.69 Å². The van der Waals surface area contributed by atoms with Crippen LogP contribution in [0.5, 0.6) is 5.75 Å². The summed E-state index contributed by atoms with van der Waals surface area (Å²) in [7, 11) is 0. The van der Waals surface area contributed by atoms with Crippen molar-refractivity contribution in [3.8, 4) is 5.75 Å². The average Bonchev–Trinajstić information content (AvgIpc) is 2.33. The smallest absolute Gasteiger partial charge is 0.134 e. The Kier molecular flexibility index (Phi) is 5.34. The summed E-state index contributed by atoms with van der Waals surface area (Å²) in [5.41, 5.74) is 1.78. The van der Waals surface area contributed by atoms with Gasteiger partial charge in [0.25, 0.3) is 0 Å². The third-order valence-corrected chi connectivity index (χ3v) is 4.88. The lowest BCUT2D eigenvalue weighted by molar-refractivity contribution is 0.465. The Morgan fingerprint density at radius 3 is 2.21 bits per heavy atom. The molecule has 0 saturated heterocycles. The van der Waals surface area contributed by atoms with Gasteiger partial charge in [-0.1, -0.05) is 28.1 Å². The lowest BCUT2D eigenvalue weighted by atomic mass is 10.2. The van der Waals surface area contributed by atoms with E-state index in [-0.39, 0.29) is 5.75 Å². The second-order valence-corrected chi connectivity index (χ2v) is 7.32. The predicted octanol–water partition coefficient (Wildman–Crippen LogP) is 6.05. The maximum atomic E-state index is 9.94. The minimum Gasteiger partial charge on any atom is -0.506 e. The van der Waals surface area contributed by atoms with Crippen molar-refractivity contribution in [1.29, 1.82) is 0 Å². The number of para-hydroxylation sites is 1. The molecular weight excluding hydrogens is 506 g/mol. The summed E-state index contributed by atoms with van der Waals surface area (Å²) in [5.74, 6) is 0.263. The first-order chi connectivity index (χ1) is 8.99. The molecule has 2 aromatic carbocycles. The molecule has 0 aliphatic carbocycles. The molecule has 2 aromatic rings. The number of aromatic hydroxyl groups is 1. The molecule has 19 heavy (non-hydrogen) atoms. The van der Waals surface area contributed by atoms with Gasteiger partial charge in [-0.3, -0.25) is 0 Å². The fourth-order valence-corrected chi connectivity index (χ4v) is 4.54. The van der Waals surface area contributed by atoms with Crippen LogP contribution in [0.3, 0.4) is 0 Å². The largest absolute Gasteiger partial charge is 0.506 e. The Morgan fingerprint density at radius 1 is 0.947 bits per heavy atom. The van der Waals surface area contributed by atoms with Gasteiger partial charge in [-0.05, 0) is 66.0 Å². The molecule has 2 N–H and O–H groups in total. The molecule has 0 radical (unpaired) electrons. The molecule has 2 rings (SSSR count). The number of rotatable bonds is 3. The van der Waals surface area contributed by atoms with Crippen LogP contribution >= 0.6 is 63.7 Å². The fourth-order valence-electron chi connectivity index (χ4n) is 1.60. The normalized spacial score (nSPS) is 10.5. The number of phenolic OH excluding ortho intramolecular Hbond substituents is 1. The molecule has 0 heterocycles. The van der Waals surface area contributed by atoms with Gasteiger partial charge in [-0.15, -0.1) is 0 Å². The monoisotopic (exact) mass is 511 g/mol. The van der Waals surface area contributed by atoms with Gasteiger partial charge in [0, 0.05) is 25.5 Å². The summed E-state index contributed by atoms with van der Waals surface area (Å²) in [6, 6.07) is 9.52. The average molecular weight is 515 g/mol. The molecule has 0 spiro atoms. The van der Waals surface area contributed by atoms with E-state index >= 15 is 0 Å². The predicted molar refractivity (Wildman–Crippen MR) is 92.7 cm³/mol. The zero-order valence-electron chi connectivity index (χ0n) is 9.55. The highest BCUT2D eigenvalue weighted by Gasteiger charge is 2.09. The number of nitrogens with one attached hydrogen (secondary N) is 1. The van der Waals surface area contributed by atoms with Gasteiger partial charge in [0.1, 0.15) is 5.75 Å². The van der Waals surface area contributed by atoms with Gasteiger partial charge in [0.15, 0.2) is 0 Å². The first-order valence-electron chi connectivity index (χ1n) is 5.34. The highest BCUT2D eigenvalue weighted by Crippen LogP contribution is 2.35. The molecule has 2 nitrogen and oxygen atoms in total. The minimum atomic E-state index is 0.263. The van der Waals surface area contributed by atoms with Crippen LogP contribution in [0.2, 0.25) is 0 Å². The first-order valence-corrected chi connectivity index (χ1v) is 8.51. The van der Waals surface area contributed by atoms with E-state index in [1.807, 2.05) is 30.3 Å². The van der Waals surface area contributed by atoms with Gasteiger partial charge < -0.3 is 10.4 Å². The van der Waals surface area contributed by atoms with Crippen molar-refractivity contribution in [2.24, 2.45) is 0 Å². The molecule has 0 bridgehead atoms. The van der Waals surface area contributed by atoms with Crippen LogP contribution in [-0.4, -0.2) is 5.11 Å². The molecule has 0 aliphatic heterocycles. The summed E-state index contributed by atoms with van der Waals surface area (Å²) >= 11 is 13.8. The van der Waals surface area contributed by atoms with E-state index in [0.29, 0.717) is 11.0 Å². The number of hydrogen-bond acceptors (Lipinski definition) is 2. The van der Waals surface area contributed by atoms with E-state index in [2.05, 4.69) is 69.0 Å². The number of benzene rings is 2. The fraction of sp³-hybridized carbons (Fsp3) is 0.0769. The van der Waals surface area contributed by atoms with Gasteiger partial charge >= 0.3 is 0 Å². The van der Waals surface area contributed by atoms with Crippen LogP contribution < -0.4 is 5.32 Å². The lowest BCUT2D eigenvalue weighted by Crippen LogP contribution is -2.01. The Bertz CT molecular complexity index is 593. The van der Waals surface area contributed by atoms with E-state index in [1.165, 1.54) is 0 Å². The number of anilines is 1. The van der Waals surface area contributed by atoms with Crippen molar-refractivity contribution in [3.05, 3.63) is 53.8 Å². The van der Waals surface area contributed by atoms with E-state index in [4.69, 9.17) is 0 Å². The van der Waals surface area contributed by atoms with Gasteiger partial charge in [0.05, 0.1) is 10.2 Å². The molecule has 0 aromatic heterocycles. The van der Waals surface area contributed by atoms with Crippen LogP contribution in [0.25, 0.3) is 0 Å². The van der Waals surface area contributed by atoms with Crippen molar-refractivity contribution in [1.82, 2.24) is 0 Å². The van der Waals surface area contributed by atoms with E-state index in [0.717, 1.165) is 24.7 Å². The summed E-state index contributed by atoms with van der Waals surface area (Å²) in [5, 5.41) is 13.2. The zero-order valence-corrected chi connectivity index (χ0v) is 15.9. The summed E-state index contributed by atoms with van der Waals surface area (Å²) in [4.78, 5) is 0. The second kappa shape index (κ2) is 6.61. The van der Waals surface area contributed by atoms with Crippen molar-refractivity contribution in [2.45, 2.75) is 6.54 Å². The maximum absolute atomic E-state index is 9.94. The van der Waals surface area contributed by atoms with Crippen LogP contribution in [-0.2, 0) is 6.54 Å². The molecular formula is C13H9Br4NO. The SMILES string of the molecule is Oc1c(Br)cccc1CNc1c(Br)cc(Br)cc1Br. The summed E-state index contributed by atoms with van der Waals surface area (Å²) in [6.07, 6.45) is 0. The van der Waals surface area contributed by atoms with Crippen molar-refractivity contribution >= 4 is 69.4 Å². The molecule has 0 saturated carbocycles. The Hall–Kier alpha value is -0.0400. The standard InChI is InChI=1S/C13H9Br4NO/c14-8-4-10(16)12(11(17)5-8)18-6-7-2-1-3-9(15)13(7)19/h1-5,18-19H,6H2. The maximum Gasteiger partial charge on any atom is 0.134 e. The molecule has 0 unspecified atom stereocenters. The Labute approximate surface area is 145 Å². The second-order valence-electron chi connectivity index (χ2n) is 3.85. The molecule has 0 amide bonds. The van der Waals surface area contributed by atoms with Crippen molar-refractivity contribution in [2.75, 3.05) is 5.32 Å². The third-order valence-electron chi connectivity index (χ3n) is 2.53. The van der Waals surface area contributed by atoms with Gasteiger partial charge in [-0.25, -0.2) is 0 Å². The Morgan fingerprint density at radius 2 is 1.58 bits per heavy atom. The van der Waals surface area contributed by atoms with Crippen LogP contribution in [0.1, 0.15) is 5.56 Å². The molecule has 6 heteroatoms. The summed E-state index contributed by atoms with van der Waals surface area (Å²) in [6.45, 7) is 0.532. The quantitative estimate of drug-likeness (QED) is 0.522. The first kappa shape index (κ1) is 15.4. The molecule has 100 valence electrons.